The Morgan fingerprint density at radius 2 is 1.96 bits per heavy atom. The summed E-state index contributed by atoms with van der Waals surface area (Å²) < 4.78 is 14.2. The van der Waals surface area contributed by atoms with Gasteiger partial charge in [0.15, 0.2) is 5.52 Å². The largest absolute Gasteiger partial charge is 0.309 e. The van der Waals surface area contributed by atoms with Crippen LogP contribution < -0.4 is 5.56 Å². The van der Waals surface area contributed by atoms with Crippen molar-refractivity contribution in [2.45, 2.75) is 33.2 Å². The van der Waals surface area contributed by atoms with Crippen molar-refractivity contribution in [3.05, 3.63) is 57.3 Å². The maximum atomic E-state index is 12.8. The quantitative estimate of drug-likeness (QED) is 0.805. The number of H-pyrrole nitrogens is 1. The van der Waals surface area contributed by atoms with Crippen molar-refractivity contribution in [3.8, 4) is 0 Å². The number of nitrogens with one attached hydrogen (secondary N) is 1. The molecule has 1 aromatic carbocycles. The van der Waals surface area contributed by atoms with Crippen LogP contribution in [0.2, 0.25) is 0 Å². The summed E-state index contributed by atoms with van der Waals surface area (Å²) in [5, 5.41) is 4.47. The van der Waals surface area contributed by atoms with Crippen molar-refractivity contribution < 1.29 is 4.39 Å². The molecule has 0 radical (unpaired) electrons. The summed E-state index contributed by atoms with van der Waals surface area (Å²) >= 11 is 0. The lowest BCUT2D eigenvalue weighted by Gasteiger charge is -2.09. The first-order valence-corrected chi connectivity index (χ1v) is 7.61. The minimum atomic E-state index is -0.581. The van der Waals surface area contributed by atoms with Gasteiger partial charge in [0.05, 0.1) is 12.2 Å². The molecule has 0 spiro atoms. The minimum Gasteiger partial charge on any atom is -0.309 e. The summed E-state index contributed by atoms with van der Waals surface area (Å²) in [4.78, 5) is 19.3. The van der Waals surface area contributed by atoms with Crippen LogP contribution >= 0.6 is 0 Å². The van der Waals surface area contributed by atoms with Crippen LogP contribution in [0.25, 0.3) is 11.0 Å². The lowest BCUT2D eigenvalue weighted by Crippen LogP contribution is -2.14. The average molecular weight is 314 g/mol. The van der Waals surface area contributed by atoms with E-state index in [4.69, 9.17) is 0 Å². The van der Waals surface area contributed by atoms with Gasteiger partial charge in [-0.1, -0.05) is 36.8 Å². The maximum Gasteiger partial charge on any atom is 0.277 e. The molecule has 23 heavy (non-hydrogen) atoms. The van der Waals surface area contributed by atoms with Crippen LogP contribution in [-0.4, -0.2) is 26.4 Å². The number of nitrogens with zero attached hydrogens (tertiary/aromatic N) is 3. The molecular weight excluding hydrogens is 295 g/mol. The first kappa shape index (κ1) is 15.4. The van der Waals surface area contributed by atoms with Gasteiger partial charge >= 0.3 is 0 Å². The lowest BCUT2D eigenvalue weighted by molar-refractivity contribution is 0.431. The second-order valence-electron chi connectivity index (χ2n) is 5.78. The summed E-state index contributed by atoms with van der Waals surface area (Å²) in [5.41, 5.74) is 3.57. The Morgan fingerprint density at radius 1 is 1.26 bits per heavy atom. The number of hydrogen-bond acceptors (Lipinski definition) is 3. The Labute approximate surface area is 133 Å². The fraction of sp³-hybridized carbons (Fsp3) is 0.353. The van der Waals surface area contributed by atoms with E-state index in [0.29, 0.717) is 22.6 Å². The average Bonchev–Trinajstić information content (AvgIpc) is 2.86. The highest BCUT2D eigenvalue weighted by Crippen LogP contribution is 2.27. The summed E-state index contributed by atoms with van der Waals surface area (Å²) in [7, 11) is 0. The second kappa shape index (κ2) is 5.95. The fourth-order valence-corrected chi connectivity index (χ4v) is 2.77. The number of halogens is 1. The Balaban J connectivity index is 2.20. The van der Waals surface area contributed by atoms with E-state index in [1.807, 2.05) is 38.1 Å². The summed E-state index contributed by atoms with van der Waals surface area (Å²) in [6.45, 7) is 5.25. The predicted molar refractivity (Wildman–Crippen MR) is 87.6 cm³/mol. The molecule has 120 valence electrons. The van der Waals surface area contributed by atoms with Gasteiger partial charge in [0, 0.05) is 5.92 Å². The van der Waals surface area contributed by atoms with Gasteiger partial charge < -0.3 is 4.98 Å². The van der Waals surface area contributed by atoms with Crippen LogP contribution in [0.15, 0.2) is 29.1 Å². The van der Waals surface area contributed by atoms with Crippen molar-refractivity contribution >= 4 is 11.0 Å². The molecule has 3 rings (SSSR count). The maximum absolute atomic E-state index is 12.8. The molecule has 0 bridgehead atoms. The first-order valence-electron chi connectivity index (χ1n) is 7.61. The normalized spacial score (nSPS) is 12.7. The smallest absolute Gasteiger partial charge is 0.277 e. The Kier molecular flexibility index (Phi) is 3.98. The van der Waals surface area contributed by atoms with Crippen LogP contribution in [0.4, 0.5) is 4.39 Å². The molecule has 0 saturated carbocycles. The van der Waals surface area contributed by atoms with Gasteiger partial charge in [-0.2, -0.15) is 5.10 Å². The molecule has 0 saturated heterocycles. The molecule has 0 aliphatic heterocycles. The molecule has 1 N–H and O–H groups in total. The summed E-state index contributed by atoms with van der Waals surface area (Å²) in [5.74, 6) is 0.493. The molecular formula is C17H19FN4O. The number of aryl methyl sites for hydroxylation is 3. The van der Waals surface area contributed by atoms with Gasteiger partial charge in [0.1, 0.15) is 18.0 Å². The number of hydrogen-bond donors (Lipinski definition) is 1. The lowest BCUT2D eigenvalue weighted by atomic mass is 9.96. The fourth-order valence-electron chi connectivity index (χ4n) is 2.77. The van der Waals surface area contributed by atoms with Crippen LogP contribution in [0.1, 0.15) is 35.5 Å². The van der Waals surface area contributed by atoms with Crippen LogP contribution in [0, 0.1) is 13.8 Å². The van der Waals surface area contributed by atoms with Crippen molar-refractivity contribution in [1.82, 2.24) is 19.7 Å². The third-order valence-corrected chi connectivity index (χ3v) is 4.03. The van der Waals surface area contributed by atoms with E-state index in [1.54, 1.807) is 6.92 Å². The number of benzene rings is 1. The Hall–Kier alpha value is -2.50. The van der Waals surface area contributed by atoms with E-state index in [-0.39, 0.29) is 18.0 Å². The van der Waals surface area contributed by atoms with E-state index in [9.17, 15) is 9.18 Å². The molecule has 6 heteroatoms. The van der Waals surface area contributed by atoms with Crippen LogP contribution in [-0.2, 0) is 6.54 Å². The van der Waals surface area contributed by atoms with Gasteiger partial charge in [0.25, 0.3) is 5.56 Å². The van der Waals surface area contributed by atoms with E-state index in [0.717, 1.165) is 5.56 Å². The molecule has 0 fully saturated rings. The van der Waals surface area contributed by atoms with Crippen molar-refractivity contribution in [2.75, 3.05) is 6.67 Å². The monoisotopic (exact) mass is 314 g/mol. The summed E-state index contributed by atoms with van der Waals surface area (Å²) in [6, 6.07) is 8.16. The molecule has 5 nitrogen and oxygen atoms in total. The van der Waals surface area contributed by atoms with Gasteiger partial charge in [-0.05, 0) is 19.4 Å². The van der Waals surface area contributed by atoms with E-state index < -0.39 is 6.67 Å². The first-order chi connectivity index (χ1) is 11.0. The topological polar surface area (TPSA) is 63.6 Å². The van der Waals surface area contributed by atoms with Crippen molar-refractivity contribution in [3.63, 3.8) is 0 Å². The zero-order chi connectivity index (χ0) is 16.6. The predicted octanol–water partition coefficient (Wildman–Crippen LogP) is 2.86. The van der Waals surface area contributed by atoms with Crippen molar-refractivity contribution in [1.29, 1.82) is 0 Å². The second-order valence-corrected chi connectivity index (χ2v) is 5.78. The van der Waals surface area contributed by atoms with Crippen molar-refractivity contribution in [2.24, 2.45) is 0 Å². The third-order valence-electron chi connectivity index (χ3n) is 4.03. The molecule has 2 heterocycles. The van der Waals surface area contributed by atoms with E-state index in [1.165, 1.54) is 10.2 Å². The minimum absolute atomic E-state index is 0.0346. The van der Waals surface area contributed by atoms with Gasteiger partial charge in [-0.3, -0.25) is 9.48 Å². The highest BCUT2D eigenvalue weighted by Gasteiger charge is 2.21. The third kappa shape index (κ3) is 2.76. The van der Waals surface area contributed by atoms with Gasteiger partial charge in [-0.25, -0.2) is 9.37 Å². The Bertz CT molecular complexity index is 895. The zero-order valence-electron chi connectivity index (χ0n) is 13.4. The van der Waals surface area contributed by atoms with Crippen LogP contribution in [0.3, 0.4) is 0 Å². The molecule has 0 aliphatic rings. The number of fused-ring (bicyclic) bond motifs is 1. The van der Waals surface area contributed by atoms with Gasteiger partial charge in [-0.15, -0.1) is 0 Å². The number of rotatable bonds is 4. The van der Waals surface area contributed by atoms with E-state index >= 15 is 0 Å². The zero-order valence-corrected chi connectivity index (χ0v) is 13.4. The number of aromatic nitrogens is 4. The van der Waals surface area contributed by atoms with E-state index in [2.05, 4.69) is 15.1 Å². The SMILES string of the molecule is Cc1ccc([C@H](C)c2nn(CCF)c3c(=O)[nH]c(C)nc23)cc1. The number of aromatic amines is 1. The standard InChI is InChI=1S/C17H19FN4O/c1-10-4-6-13(7-5-10)11(2)14-15-16(22(21-14)9-8-18)17(23)20-12(3)19-15/h4-7,11H,8-9H2,1-3H3,(H,19,20,23)/t11-/m0/s1. The highest BCUT2D eigenvalue weighted by molar-refractivity contribution is 5.77. The number of alkyl halides is 1. The highest BCUT2D eigenvalue weighted by atomic mass is 19.1. The Morgan fingerprint density at radius 3 is 2.61 bits per heavy atom. The van der Waals surface area contributed by atoms with Gasteiger partial charge in [0.2, 0.25) is 0 Å². The van der Waals surface area contributed by atoms with Crippen LogP contribution in [0.5, 0.6) is 0 Å². The molecule has 3 aromatic rings. The molecule has 0 unspecified atom stereocenters. The molecule has 2 aromatic heterocycles. The summed E-state index contributed by atoms with van der Waals surface area (Å²) in [6.07, 6.45) is 0. The molecule has 0 aliphatic carbocycles. The molecule has 1 atom stereocenters. The molecule has 0 amide bonds.